The Balaban J connectivity index is 1.87. The van der Waals surface area contributed by atoms with Gasteiger partial charge in [-0.15, -0.1) is 0 Å². The van der Waals surface area contributed by atoms with Crippen LogP contribution >= 0.6 is 0 Å². The summed E-state index contributed by atoms with van der Waals surface area (Å²) < 4.78 is 0. The SMILES string of the molecule is Cc1cccc(C(=O)Nc2cc(N3CCCC3)c(C)cc2N)c1. The number of hydrogen-bond acceptors (Lipinski definition) is 3. The third kappa shape index (κ3) is 3.31. The summed E-state index contributed by atoms with van der Waals surface area (Å²) >= 11 is 0. The van der Waals surface area contributed by atoms with E-state index in [1.807, 2.05) is 43.3 Å². The molecule has 2 aromatic rings. The summed E-state index contributed by atoms with van der Waals surface area (Å²) in [6.45, 7) is 6.17. The molecule has 23 heavy (non-hydrogen) atoms. The van der Waals surface area contributed by atoms with Crippen molar-refractivity contribution in [1.29, 1.82) is 0 Å². The van der Waals surface area contributed by atoms with Gasteiger partial charge in [0.1, 0.15) is 0 Å². The first-order valence-corrected chi connectivity index (χ1v) is 8.07. The first kappa shape index (κ1) is 15.4. The zero-order valence-corrected chi connectivity index (χ0v) is 13.7. The van der Waals surface area contributed by atoms with Crippen LogP contribution in [0.1, 0.15) is 34.3 Å². The minimum absolute atomic E-state index is 0.128. The van der Waals surface area contributed by atoms with Gasteiger partial charge in [-0.2, -0.15) is 0 Å². The summed E-state index contributed by atoms with van der Waals surface area (Å²) in [4.78, 5) is 14.8. The number of nitrogen functional groups attached to an aromatic ring is 1. The van der Waals surface area contributed by atoms with Gasteiger partial charge in [0.25, 0.3) is 5.91 Å². The van der Waals surface area contributed by atoms with Crippen LogP contribution in [0.4, 0.5) is 17.1 Å². The molecule has 1 aliphatic heterocycles. The second kappa shape index (κ2) is 6.32. The maximum atomic E-state index is 12.5. The number of carbonyl (C=O) groups is 1. The lowest BCUT2D eigenvalue weighted by Crippen LogP contribution is -2.20. The van der Waals surface area contributed by atoms with Gasteiger partial charge in [-0.1, -0.05) is 17.7 Å². The first-order valence-electron chi connectivity index (χ1n) is 8.07. The van der Waals surface area contributed by atoms with E-state index in [2.05, 4.69) is 17.1 Å². The highest BCUT2D eigenvalue weighted by Gasteiger charge is 2.17. The van der Waals surface area contributed by atoms with Gasteiger partial charge < -0.3 is 16.0 Å². The maximum Gasteiger partial charge on any atom is 0.255 e. The predicted octanol–water partition coefficient (Wildman–Crippen LogP) is 3.74. The molecule has 0 radical (unpaired) electrons. The molecule has 4 nitrogen and oxygen atoms in total. The van der Waals surface area contributed by atoms with Gasteiger partial charge in [0.05, 0.1) is 11.4 Å². The van der Waals surface area contributed by atoms with E-state index in [-0.39, 0.29) is 5.91 Å². The van der Waals surface area contributed by atoms with Crippen LogP contribution in [-0.4, -0.2) is 19.0 Å². The van der Waals surface area contributed by atoms with Crippen LogP contribution in [0.25, 0.3) is 0 Å². The largest absolute Gasteiger partial charge is 0.397 e. The molecule has 120 valence electrons. The molecule has 0 spiro atoms. The van der Waals surface area contributed by atoms with Crippen LogP contribution in [0.5, 0.6) is 0 Å². The molecule has 1 heterocycles. The summed E-state index contributed by atoms with van der Waals surface area (Å²) in [5, 5.41) is 2.95. The fraction of sp³-hybridized carbons (Fsp3) is 0.316. The van der Waals surface area contributed by atoms with Crippen LogP contribution < -0.4 is 16.0 Å². The van der Waals surface area contributed by atoms with E-state index in [4.69, 9.17) is 5.73 Å². The van der Waals surface area contributed by atoms with Crippen LogP contribution in [-0.2, 0) is 0 Å². The maximum absolute atomic E-state index is 12.5. The molecule has 3 N–H and O–H groups in total. The van der Waals surface area contributed by atoms with Crippen molar-refractivity contribution in [2.75, 3.05) is 29.0 Å². The van der Waals surface area contributed by atoms with Gasteiger partial charge in [0.2, 0.25) is 0 Å². The van der Waals surface area contributed by atoms with Gasteiger partial charge in [0, 0.05) is 24.3 Å². The third-order valence-corrected chi connectivity index (χ3v) is 4.34. The quantitative estimate of drug-likeness (QED) is 0.849. The molecule has 1 fully saturated rings. The zero-order chi connectivity index (χ0) is 16.4. The van der Waals surface area contributed by atoms with Crippen molar-refractivity contribution in [3.05, 3.63) is 53.1 Å². The number of rotatable bonds is 3. The molecule has 2 aromatic carbocycles. The predicted molar refractivity (Wildman–Crippen MR) is 96.2 cm³/mol. The van der Waals surface area contributed by atoms with Crippen molar-refractivity contribution in [2.45, 2.75) is 26.7 Å². The van der Waals surface area contributed by atoms with E-state index in [0.29, 0.717) is 16.9 Å². The average molecular weight is 309 g/mol. The van der Waals surface area contributed by atoms with Gasteiger partial charge in [0.15, 0.2) is 0 Å². The standard InChI is InChI=1S/C19H23N3O/c1-13-6-5-7-15(10-13)19(23)21-17-12-18(14(2)11-16(17)20)22-8-3-4-9-22/h5-7,10-12H,3-4,8-9,20H2,1-2H3,(H,21,23). The molecule has 0 aliphatic carbocycles. The molecule has 1 saturated heterocycles. The van der Waals surface area contributed by atoms with E-state index in [0.717, 1.165) is 29.9 Å². The minimum Gasteiger partial charge on any atom is -0.397 e. The van der Waals surface area contributed by atoms with Gasteiger partial charge in [-0.3, -0.25) is 4.79 Å². The number of hydrogen-bond donors (Lipinski definition) is 2. The smallest absolute Gasteiger partial charge is 0.255 e. The highest BCUT2D eigenvalue weighted by atomic mass is 16.1. The zero-order valence-electron chi connectivity index (χ0n) is 13.7. The highest BCUT2D eigenvalue weighted by molar-refractivity contribution is 6.06. The third-order valence-electron chi connectivity index (χ3n) is 4.34. The number of nitrogens with zero attached hydrogens (tertiary/aromatic N) is 1. The second-order valence-corrected chi connectivity index (χ2v) is 6.24. The van der Waals surface area contributed by atoms with Crippen molar-refractivity contribution >= 4 is 23.0 Å². The summed E-state index contributed by atoms with van der Waals surface area (Å²) in [7, 11) is 0. The minimum atomic E-state index is -0.128. The number of aryl methyl sites for hydroxylation is 2. The van der Waals surface area contributed by atoms with Crippen molar-refractivity contribution in [3.8, 4) is 0 Å². The van der Waals surface area contributed by atoms with Gasteiger partial charge in [-0.25, -0.2) is 0 Å². The van der Waals surface area contributed by atoms with E-state index in [9.17, 15) is 4.79 Å². The number of carbonyl (C=O) groups excluding carboxylic acids is 1. The Morgan fingerprint density at radius 3 is 2.57 bits per heavy atom. The van der Waals surface area contributed by atoms with E-state index in [1.165, 1.54) is 12.8 Å². The first-order chi connectivity index (χ1) is 11.0. The molecule has 0 unspecified atom stereocenters. The van der Waals surface area contributed by atoms with E-state index < -0.39 is 0 Å². The van der Waals surface area contributed by atoms with E-state index >= 15 is 0 Å². The lowest BCUT2D eigenvalue weighted by atomic mass is 10.1. The molecule has 3 rings (SSSR count). The molecule has 0 saturated carbocycles. The topological polar surface area (TPSA) is 58.4 Å². The lowest BCUT2D eigenvalue weighted by Gasteiger charge is -2.22. The Morgan fingerprint density at radius 2 is 1.87 bits per heavy atom. The molecular formula is C19H23N3O. The van der Waals surface area contributed by atoms with Crippen LogP contribution in [0.2, 0.25) is 0 Å². The number of nitrogens with one attached hydrogen (secondary N) is 1. The van der Waals surface area contributed by atoms with Crippen LogP contribution in [0.15, 0.2) is 36.4 Å². The number of anilines is 3. The van der Waals surface area contributed by atoms with Crippen molar-refractivity contribution in [3.63, 3.8) is 0 Å². The number of nitrogens with two attached hydrogens (primary N) is 1. The Hall–Kier alpha value is -2.49. The fourth-order valence-electron chi connectivity index (χ4n) is 3.11. The molecule has 0 aromatic heterocycles. The summed E-state index contributed by atoms with van der Waals surface area (Å²) in [5.41, 5.74) is 11.4. The molecule has 1 aliphatic rings. The van der Waals surface area contributed by atoms with Gasteiger partial charge >= 0.3 is 0 Å². The molecule has 4 heteroatoms. The molecular weight excluding hydrogens is 286 g/mol. The summed E-state index contributed by atoms with van der Waals surface area (Å²) in [6.07, 6.45) is 2.43. The number of benzene rings is 2. The lowest BCUT2D eigenvalue weighted by molar-refractivity contribution is 0.102. The molecule has 0 atom stereocenters. The van der Waals surface area contributed by atoms with E-state index in [1.54, 1.807) is 0 Å². The monoisotopic (exact) mass is 309 g/mol. The van der Waals surface area contributed by atoms with Crippen molar-refractivity contribution < 1.29 is 4.79 Å². The summed E-state index contributed by atoms with van der Waals surface area (Å²) in [5.74, 6) is -0.128. The highest BCUT2D eigenvalue weighted by Crippen LogP contribution is 2.32. The fourth-order valence-corrected chi connectivity index (χ4v) is 3.11. The van der Waals surface area contributed by atoms with Crippen molar-refractivity contribution in [2.24, 2.45) is 0 Å². The Morgan fingerprint density at radius 1 is 1.13 bits per heavy atom. The van der Waals surface area contributed by atoms with Crippen LogP contribution in [0, 0.1) is 13.8 Å². The number of amides is 1. The Bertz CT molecular complexity index is 733. The van der Waals surface area contributed by atoms with Gasteiger partial charge in [-0.05, 0) is 56.5 Å². The Kier molecular flexibility index (Phi) is 4.24. The Labute approximate surface area is 137 Å². The average Bonchev–Trinajstić information content (AvgIpc) is 3.04. The van der Waals surface area contributed by atoms with Crippen molar-refractivity contribution in [1.82, 2.24) is 0 Å². The van der Waals surface area contributed by atoms with Crippen LogP contribution in [0.3, 0.4) is 0 Å². The normalized spacial score (nSPS) is 14.1. The molecule has 0 bridgehead atoms. The second-order valence-electron chi connectivity index (χ2n) is 6.24. The summed E-state index contributed by atoms with van der Waals surface area (Å²) in [6, 6.07) is 11.5. The molecule has 1 amide bonds.